The Morgan fingerprint density at radius 3 is 2.66 bits per heavy atom. The summed E-state index contributed by atoms with van der Waals surface area (Å²) in [4.78, 5) is 26.2. The van der Waals surface area contributed by atoms with Crippen LogP contribution in [0.2, 0.25) is 0 Å². The van der Waals surface area contributed by atoms with Gasteiger partial charge in [-0.3, -0.25) is 9.69 Å². The molecule has 2 heterocycles. The topological polar surface area (TPSA) is 87.0 Å². The van der Waals surface area contributed by atoms with Gasteiger partial charge >= 0.3 is 0 Å². The van der Waals surface area contributed by atoms with Crippen LogP contribution in [0.3, 0.4) is 0 Å². The Kier molecular flexibility index (Phi) is 6.30. The van der Waals surface area contributed by atoms with E-state index in [-0.39, 0.29) is 17.6 Å². The van der Waals surface area contributed by atoms with Gasteiger partial charge in [-0.25, -0.2) is 9.97 Å². The summed E-state index contributed by atoms with van der Waals surface area (Å²) < 4.78 is 1.98. The monoisotopic (exact) mass is 395 g/mol. The van der Waals surface area contributed by atoms with Gasteiger partial charge in [0, 0.05) is 49.6 Å². The lowest BCUT2D eigenvalue weighted by Crippen LogP contribution is -2.27. The number of hydrogen-bond donors (Lipinski definition) is 2. The van der Waals surface area contributed by atoms with Gasteiger partial charge in [-0.2, -0.15) is 0 Å². The van der Waals surface area contributed by atoms with Crippen molar-refractivity contribution < 1.29 is 5.11 Å². The smallest absolute Gasteiger partial charge is 0.251 e. The van der Waals surface area contributed by atoms with Crippen molar-refractivity contribution in [3.05, 3.63) is 70.2 Å². The first-order valence-corrected chi connectivity index (χ1v) is 9.77. The molecule has 0 aliphatic heterocycles. The van der Waals surface area contributed by atoms with Gasteiger partial charge < -0.3 is 14.7 Å². The van der Waals surface area contributed by atoms with E-state index in [1.54, 1.807) is 12.3 Å². The molecule has 1 aromatic carbocycles. The van der Waals surface area contributed by atoms with Crippen LogP contribution in [0.25, 0.3) is 11.4 Å². The third-order valence-electron chi connectivity index (χ3n) is 4.82. The minimum Gasteiger partial charge on any atom is -0.395 e. The number of imidazole rings is 1. The molecule has 0 saturated heterocycles. The number of hydrogen-bond acceptors (Lipinski definition) is 5. The predicted molar refractivity (Wildman–Crippen MR) is 113 cm³/mol. The average molecular weight is 396 g/mol. The zero-order chi connectivity index (χ0) is 21.0. The Balaban J connectivity index is 1.86. The standard InChI is InChI=1S/C22H29N5O2/c1-22(2,3)18-13-20(29)25-21(24-18)17-7-5-6-16(12-17)14-27(10-11-28)15-19-23-8-9-26(19)4/h5-9,12-13,28H,10-11,14-15H2,1-4H3,(H,24,25,29). The van der Waals surface area contributed by atoms with Crippen LogP contribution in [0.5, 0.6) is 0 Å². The Bertz CT molecular complexity index is 1020. The van der Waals surface area contributed by atoms with E-state index in [0.717, 1.165) is 22.6 Å². The second-order valence-electron chi connectivity index (χ2n) is 8.32. The molecule has 7 nitrogen and oxygen atoms in total. The van der Waals surface area contributed by atoms with Crippen molar-refractivity contribution in [3.8, 4) is 11.4 Å². The number of aromatic amines is 1. The summed E-state index contributed by atoms with van der Waals surface area (Å²) in [5.41, 5.74) is 2.35. The number of aliphatic hydroxyl groups excluding tert-OH is 1. The maximum atomic E-state index is 12.1. The Morgan fingerprint density at radius 1 is 1.21 bits per heavy atom. The van der Waals surface area contributed by atoms with Gasteiger partial charge in [0.2, 0.25) is 0 Å². The molecule has 2 aromatic heterocycles. The molecule has 0 spiro atoms. The van der Waals surface area contributed by atoms with Crippen LogP contribution in [0.15, 0.2) is 47.5 Å². The average Bonchev–Trinajstić information content (AvgIpc) is 3.05. The van der Waals surface area contributed by atoms with Crippen molar-refractivity contribution in [3.63, 3.8) is 0 Å². The van der Waals surface area contributed by atoms with E-state index in [1.807, 2.05) is 62.8 Å². The zero-order valence-electron chi connectivity index (χ0n) is 17.5. The number of aliphatic hydroxyl groups is 1. The number of rotatable bonds is 7. The van der Waals surface area contributed by atoms with Crippen molar-refractivity contribution in [2.45, 2.75) is 39.3 Å². The predicted octanol–water partition coefficient (Wildman–Crippen LogP) is 2.46. The molecular weight excluding hydrogens is 366 g/mol. The summed E-state index contributed by atoms with van der Waals surface area (Å²) in [6, 6.07) is 9.55. The van der Waals surface area contributed by atoms with E-state index in [4.69, 9.17) is 0 Å². The maximum Gasteiger partial charge on any atom is 0.251 e. The minimum atomic E-state index is -0.208. The van der Waals surface area contributed by atoms with Crippen LogP contribution in [0.4, 0.5) is 0 Å². The highest BCUT2D eigenvalue weighted by molar-refractivity contribution is 5.56. The second kappa shape index (κ2) is 8.71. The number of benzene rings is 1. The summed E-state index contributed by atoms with van der Waals surface area (Å²) in [5.74, 6) is 1.51. The van der Waals surface area contributed by atoms with Crippen LogP contribution in [0.1, 0.15) is 37.9 Å². The summed E-state index contributed by atoms with van der Waals surface area (Å²) in [6.45, 7) is 8.05. The summed E-state index contributed by atoms with van der Waals surface area (Å²) >= 11 is 0. The van der Waals surface area contributed by atoms with E-state index < -0.39 is 0 Å². The fourth-order valence-electron chi connectivity index (χ4n) is 3.16. The number of aromatic nitrogens is 4. The van der Waals surface area contributed by atoms with Gasteiger partial charge in [0.1, 0.15) is 11.6 Å². The molecule has 2 N–H and O–H groups in total. The molecule has 0 amide bonds. The molecule has 3 rings (SSSR count). The van der Waals surface area contributed by atoms with Crippen molar-refractivity contribution in [1.82, 2.24) is 24.4 Å². The fraction of sp³-hybridized carbons (Fsp3) is 0.409. The zero-order valence-corrected chi connectivity index (χ0v) is 17.5. The molecule has 0 saturated carbocycles. The Hall–Kier alpha value is -2.77. The summed E-state index contributed by atoms with van der Waals surface area (Å²) in [6.07, 6.45) is 3.69. The van der Waals surface area contributed by atoms with Crippen molar-refractivity contribution >= 4 is 0 Å². The van der Waals surface area contributed by atoms with Gasteiger partial charge in [0.25, 0.3) is 5.56 Å². The number of aryl methyl sites for hydroxylation is 1. The lowest BCUT2D eigenvalue weighted by Gasteiger charge is -2.21. The van der Waals surface area contributed by atoms with Crippen molar-refractivity contribution in [1.29, 1.82) is 0 Å². The molecule has 29 heavy (non-hydrogen) atoms. The minimum absolute atomic E-state index is 0.0760. The van der Waals surface area contributed by atoms with Gasteiger partial charge in [-0.1, -0.05) is 39.0 Å². The van der Waals surface area contributed by atoms with Gasteiger partial charge in [-0.05, 0) is 11.6 Å². The quantitative estimate of drug-likeness (QED) is 0.642. The van der Waals surface area contributed by atoms with Gasteiger partial charge in [0.05, 0.1) is 18.8 Å². The van der Waals surface area contributed by atoms with Crippen LogP contribution in [-0.4, -0.2) is 42.7 Å². The van der Waals surface area contributed by atoms with Crippen molar-refractivity contribution in [2.75, 3.05) is 13.2 Å². The maximum absolute atomic E-state index is 12.1. The molecule has 154 valence electrons. The van der Waals surface area contributed by atoms with E-state index in [1.165, 1.54) is 0 Å². The van der Waals surface area contributed by atoms with E-state index in [2.05, 4.69) is 19.9 Å². The number of H-pyrrole nitrogens is 1. The molecular formula is C22H29N5O2. The fourth-order valence-corrected chi connectivity index (χ4v) is 3.16. The largest absolute Gasteiger partial charge is 0.395 e. The highest BCUT2D eigenvalue weighted by Crippen LogP contribution is 2.22. The van der Waals surface area contributed by atoms with E-state index in [0.29, 0.717) is 25.5 Å². The SMILES string of the molecule is Cn1ccnc1CN(CCO)Cc1cccc(-c2nc(C(C)(C)C)cc(=O)[nH]2)c1. The molecule has 3 aromatic rings. The highest BCUT2D eigenvalue weighted by atomic mass is 16.3. The third kappa shape index (κ3) is 5.40. The summed E-state index contributed by atoms with van der Waals surface area (Å²) in [5, 5.41) is 9.46. The first-order valence-electron chi connectivity index (χ1n) is 9.77. The second-order valence-corrected chi connectivity index (χ2v) is 8.32. The molecule has 0 aliphatic carbocycles. The van der Waals surface area contributed by atoms with E-state index >= 15 is 0 Å². The number of nitrogens with zero attached hydrogens (tertiary/aromatic N) is 4. The molecule has 0 radical (unpaired) electrons. The summed E-state index contributed by atoms with van der Waals surface area (Å²) in [7, 11) is 1.96. The lowest BCUT2D eigenvalue weighted by atomic mass is 9.92. The van der Waals surface area contributed by atoms with E-state index in [9.17, 15) is 9.90 Å². The van der Waals surface area contributed by atoms with Gasteiger partial charge in [0.15, 0.2) is 0 Å². The van der Waals surface area contributed by atoms with Gasteiger partial charge in [-0.15, -0.1) is 0 Å². The first-order chi connectivity index (χ1) is 13.8. The van der Waals surface area contributed by atoms with Crippen LogP contribution in [0, 0.1) is 0 Å². The third-order valence-corrected chi connectivity index (χ3v) is 4.82. The van der Waals surface area contributed by atoms with Crippen molar-refractivity contribution in [2.24, 2.45) is 7.05 Å². The Morgan fingerprint density at radius 2 is 2.00 bits per heavy atom. The molecule has 0 atom stereocenters. The Labute approximate surface area is 171 Å². The lowest BCUT2D eigenvalue weighted by molar-refractivity contribution is 0.180. The number of nitrogens with one attached hydrogen (secondary N) is 1. The van der Waals surface area contributed by atoms with Crippen LogP contribution < -0.4 is 5.56 Å². The molecule has 0 aliphatic rings. The normalized spacial score (nSPS) is 11.9. The van der Waals surface area contributed by atoms with Crippen LogP contribution in [-0.2, 0) is 25.6 Å². The first kappa shape index (κ1) is 21.0. The molecule has 0 fully saturated rings. The van der Waals surface area contributed by atoms with Crippen LogP contribution >= 0.6 is 0 Å². The molecule has 0 unspecified atom stereocenters. The molecule has 0 bridgehead atoms. The molecule has 7 heteroatoms. The highest BCUT2D eigenvalue weighted by Gasteiger charge is 2.18.